The predicted octanol–water partition coefficient (Wildman–Crippen LogP) is 3.54. The summed E-state index contributed by atoms with van der Waals surface area (Å²) in [6.07, 6.45) is 5.00. The molecule has 228 valence electrons. The van der Waals surface area contributed by atoms with Crippen LogP contribution < -0.4 is 20.1 Å². The van der Waals surface area contributed by atoms with Gasteiger partial charge in [0.1, 0.15) is 6.10 Å². The molecular weight excluding hydrogens is 556 g/mol. The second-order valence-corrected chi connectivity index (χ2v) is 13.6. The number of fused-ring (bicyclic) bond motifs is 1. The van der Waals surface area contributed by atoms with Gasteiger partial charge in [-0.1, -0.05) is 0 Å². The first-order valence-corrected chi connectivity index (χ1v) is 15.7. The molecule has 6 atom stereocenters. The van der Waals surface area contributed by atoms with E-state index in [2.05, 4.69) is 15.6 Å². The van der Waals surface area contributed by atoms with Crippen LogP contribution in [-0.4, -0.2) is 77.5 Å². The maximum atomic E-state index is 14.7. The number of pyridine rings is 2. The number of carbonyl (C=O) groups excluding carboxylic acids is 2. The first kappa shape index (κ1) is 27.2. The molecule has 2 aromatic heterocycles. The summed E-state index contributed by atoms with van der Waals surface area (Å²) in [6.45, 7) is 5.10. The van der Waals surface area contributed by atoms with Gasteiger partial charge in [0.25, 0.3) is 11.8 Å². The fourth-order valence-electron chi connectivity index (χ4n) is 9.04. The van der Waals surface area contributed by atoms with E-state index >= 15 is 0 Å². The van der Waals surface area contributed by atoms with E-state index in [-0.39, 0.29) is 46.9 Å². The number of rotatable bonds is 8. The third kappa shape index (κ3) is 4.24. The lowest BCUT2D eigenvalue weighted by molar-refractivity contribution is -0.215. The molecule has 6 unspecified atom stereocenters. The summed E-state index contributed by atoms with van der Waals surface area (Å²) < 4.78 is 41.5. The summed E-state index contributed by atoms with van der Waals surface area (Å²) in [6, 6.07) is 7.30. The molecule has 4 saturated carbocycles. The number of amides is 2. The summed E-state index contributed by atoms with van der Waals surface area (Å²) >= 11 is 0. The number of nitrogens with one attached hydrogen (secondary N) is 2. The number of halogens is 2. The number of aromatic nitrogens is 2. The zero-order valence-electron chi connectivity index (χ0n) is 24.2. The van der Waals surface area contributed by atoms with E-state index in [0.717, 1.165) is 25.8 Å². The number of carbonyl (C=O) groups is 2. The van der Waals surface area contributed by atoms with Crippen LogP contribution in [0.2, 0.25) is 0 Å². The van der Waals surface area contributed by atoms with Crippen LogP contribution in [0.3, 0.4) is 0 Å². The average molecular weight is 594 g/mol. The Balaban J connectivity index is 0.942. The summed E-state index contributed by atoms with van der Waals surface area (Å²) in [5, 5.41) is 6.35. The molecule has 11 heteroatoms. The van der Waals surface area contributed by atoms with Crippen molar-refractivity contribution in [1.82, 2.24) is 25.5 Å². The Morgan fingerprint density at radius 1 is 1.16 bits per heavy atom. The molecule has 2 saturated heterocycles. The second kappa shape index (κ2) is 9.84. The molecule has 0 radical (unpaired) electrons. The topological polar surface area (TPSA) is 106 Å². The van der Waals surface area contributed by atoms with E-state index in [1.165, 1.54) is 0 Å². The van der Waals surface area contributed by atoms with Crippen LogP contribution in [0.25, 0.3) is 11.3 Å². The lowest BCUT2D eigenvalue weighted by Gasteiger charge is -2.61. The Hall–Kier alpha value is -3.34. The fraction of sp³-hybridized carbons (Fsp3) is 0.625. The van der Waals surface area contributed by atoms with Crippen molar-refractivity contribution in [2.24, 2.45) is 35.0 Å². The van der Waals surface area contributed by atoms with Crippen LogP contribution in [0, 0.1) is 35.0 Å². The lowest BCUT2D eigenvalue weighted by atomic mass is 9.53. The summed E-state index contributed by atoms with van der Waals surface area (Å²) in [5.74, 6) is -3.70. The van der Waals surface area contributed by atoms with Crippen molar-refractivity contribution in [3.63, 3.8) is 0 Å². The standard InChI is InChI=1S/C32H37F2N5O4/c1-2-42-29-20(4-3-8-36-29)23-5-6-24(27(38-23)28(40)37-18-7-9-35-14-18)43-19-12-31(13-19)15-39(16-31)30(41)25-21-10-17-11-22(21)26(25)32(17,33)34/h3-6,8,17-19,21-22,25-26,35H,2,7,9-16H2,1H3,(H,37,40). The highest BCUT2D eigenvalue weighted by molar-refractivity contribution is 5.96. The van der Waals surface area contributed by atoms with Gasteiger partial charge in [-0.3, -0.25) is 9.59 Å². The van der Waals surface area contributed by atoms with Crippen molar-refractivity contribution in [3.05, 3.63) is 36.2 Å². The maximum Gasteiger partial charge on any atom is 0.274 e. The van der Waals surface area contributed by atoms with Gasteiger partial charge in [-0.2, -0.15) is 0 Å². The first-order valence-electron chi connectivity index (χ1n) is 15.7. The monoisotopic (exact) mass is 593 g/mol. The van der Waals surface area contributed by atoms with Crippen LogP contribution in [0.4, 0.5) is 8.78 Å². The average Bonchev–Trinajstić information content (AvgIpc) is 3.63. The van der Waals surface area contributed by atoms with Crippen molar-refractivity contribution in [2.45, 2.75) is 57.1 Å². The predicted molar refractivity (Wildman–Crippen MR) is 152 cm³/mol. The number of likely N-dealkylation sites (tertiary alicyclic amines) is 1. The molecule has 2 aliphatic heterocycles. The van der Waals surface area contributed by atoms with Gasteiger partial charge >= 0.3 is 0 Å². The highest BCUT2D eigenvalue weighted by atomic mass is 19.3. The van der Waals surface area contributed by atoms with Crippen molar-refractivity contribution >= 4 is 11.8 Å². The molecule has 6 aliphatic rings. The highest BCUT2D eigenvalue weighted by Gasteiger charge is 2.76. The third-order valence-corrected chi connectivity index (χ3v) is 11.0. The van der Waals surface area contributed by atoms with E-state index in [0.29, 0.717) is 62.0 Å². The zero-order valence-corrected chi connectivity index (χ0v) is 24.2. The Kier molecular flexibility index (Phi) is 6.23. The number of hydrogen-bond donors (Lipinski definition) is 2. The van der Waals surface area contributed by atoms with Crippen LogP contribution >= 0.6 is 0 Å². The lowest BCUT2D eigenvalue weighted by Crippen LogP contribution is -2.69. The van der Waals surface area contributed by atoms with Crippen molar-refractivity contribution in [3.8, 4) is 22.9 Å². The van der Waals surface area contributed by atoms with Gasteiger partial charge in [0.15, 0.2) is 11.4 Å². The molecule has 4 aliphatic carbocycles. The van der Waals surface area contributed by atoms with Gasteiger partial charge in [-0.05, 0) is 81.7 Å². The molecule has 2 aromatic rings. The van der Waals surface area contributed by atoms with Gasteiger partial charge in [-0.25, -0.2) is 18.7 Å². The van der Waals surface area contributed by atoms with Crippen LogP contribution in [-0.2, 0) is 4.79 Å². The molecule has 2 amide bonds. The number of ether oxygens (including phenoxy) is 2. The molecule has 2 bridgehead atoms. The maximum absolute atomic E-state index is 14.7. The minimum absolute atomic E-state index is 0.0228. The molecule has 8 rings (SSSR count). The summed E-state index contributed by atoms with van der Waals surface area (Å²) in [4.78, 5) is 37.5. The molecule has 0 aromatic carbocycles. The zero-order chi connectivity index (χ0) is 29.5. The Bertz CT molecular complexity index is 1450. The first-order chi connectivity index (χ1) is 20.8. The molecule has 4 heterocycles. The summed E-state index contributed by atoms with van der Waals surface area (Å²) in [7, 11) is 0. The Morgan fingerprint density at radius 2 is 1.98 bits per heavy atom. The number of alkyl halides is 2. The smallest absolute Gasteiger partial charge is 0.274 e. The molecule has 6 fully saturated rings. The second-order valence-electron chi connectivity index (χ2n) is 13.6. The van der Waals surface area contributed by atoms with Gasteiger partial charge in [0.2, 0.25) is 11.8 Å². The molecule has 9 nitrogen and oxygen atoms in total. The van der Waals surface area contributed by atoms with E-state index in [1.54, 1.807) is 23.2 Å². The highest BCUT2D eigenvalue weighted by Crippen LogP contribution is 2.72. The van der Waals surface area contributed by atoms with Crippen LogP contribution in [0.5, 0.6) is 11.6 Å². The van der Waals surface area contributed by atoms with E-state index < -0.39 is 23.7 Å². The molecule has 43 heavy (non-hydrogen) atoms. The van der Waals surface area contributed by atoms with Crippen molar-refractivity contribution in [1.29, 1.82) is 0 Å². The fourth-order valence-corrected chi connectivity index (χ4v) is 9.04. The summed E-state index contributed by atoms with van der Waals surface area (Å²) in [5.41, 5.74) is 1.45. The Labute approximate surface area is 249 Å². The molecular formula is C32H37F2N5O4. The van der Waals surface area contributed by atoms with Crippen LogP contribution in [0.15, 0.2) is 30.5 Å². The number of hydrogen-bond acceptors (Lipinski definition) is 7. The third-order valence-electron chi connectivity index (χ3n) is 11.0. The molecule has 2 N–H and O–H groups in total. The van der Waals surface area contributed by atoms with Gasteiger partial charge < -0.3 is 25.0 Å². The van der Waals surface area contributed by atoms with Crippen molar-refractivity contribution in [2.75, 3.05) is 32.8 Å². The van der Waals surface area contributed by atoms with Gasteiger partial charge in [-0.15, -0.1) is 0 Å². The van der Waals surface area contributed by atoms with Gasteiger partial charge in [0, 0.05) is 49.1 Å². The minimum atomic E-state index is -2.68. The van der Waals surface area contributed by atoms with E-state index in [9.17, 15) is 18.4 Å². The van der Waals surface area contributed by atoms with Gasteiger partial charge in [0.05, 0.1) is 23.8 Å². The van der Waals surface area contributed by atoms with E-state index in [4.69, 9.17) is 14.5 Å². The minimum Gasteiger partial charge on any atom is -0.488 e. The SMILES string of the molecule is CCOc1ncccc1-c1ccc(OC2CC3(C2)CN(C(=O)C2C4CC5CC4C2C5(F)F)C3)c(C(=O)NC2CCNC2)n1. The van der Waals surface area contributed by atoms with E-state index in [1.807, 2.05) is 19.1 Å². The van der Waals surface area contributed by atoms with Crippen LogP contribution in [0.1, 0.15) is 49.5 Å². The molecule has 1 spiro atoms. The number of nitrogens with zero attached hydrogens (tertiary/aromatic N) is 3. The normalized spacial score (nSPS) is 32.6. The largest absolute Gasteiger partial charge is 0.488 e. The Morgan fingerprint density at radius 3 is 2.67 bits per heavy atom. The quantitative estimate of drug-likeness (QED) is 0.483. The van der Waals surface area contributed by atoms with Crippen molar-refractivity contribution < 1.29 is 27.8 Å².